The summed E-state index contributed by atoms with van der Waals surface area (Å²) in [6.45, 7) is -0.182. The van der Waals surface area contributed by atoms with E-state index in [0.29, 0.717) is 11.1 Å². The van der Waals surface area contributed by atoms with Crippen LogP contribution in [0.15, 0.2) is 24.3 Å². The summed E-state index contributed by atoms with van der Waals surface area (Å²) in [5.74, 6) is -1.53. The van der Waals surface area contributed by atoms with Gasteiger partial charge in [0.25, 0.3) is 11.8 Å². The van der Waals surface area contributed by atoms with Crippen molar-refractivity contribution in [2.45, 2.75) is 6.04 Å². The quantitative estimate of drug-likeness (QED) is 0.590. The van der Waals surface area contributed by atoms with Crippen molar-refractivity contribution in [3.05, 3.63) is 35.4 Å². The Hall–Kier alpha value is -2.21. The Bertz CT molecular complexity index is 492. The number of carbonyl (C=O) groups excluding carboxylic acids is 3. The molecule has 1 aliphatic heterocycles. The summed E-state index contributed by atoms with van der Waals surface area (Å²) < 4.78 is 4.46. The van der Waals surface area contributed by atoms with Crippen molar-refractivity contribution >= 4 is 17.8 Å². The molecule has 0 bridgehead atoms. The number of fused-ring (bicyclic) bond motifs is 1. The Kier molecular flexibility index (Phi) is 3.12. The maximum absolute atomic E-state index is 12.0. The number of hydrogen-bond acceptors (Lipinski definition) is 5. The molecule has 18 heavy (non-hydrogen) atoms. The molecule has 0 saturated carbocycles. The summed E-state index contributed by atoms with van der Waals surface area (Å²) in [5, 5.41) is 0. The molecule has 2 amide bonds. The van der Waals surface area contributed by atoms with Crippen LogP contribution < -0.4 is 5.73 Å². The monoisotopic (exact) mass is 248 g/mol. The van der Waals surface area contributed by atoms with Gasteiger partial charge in [-0.05, 0) is 12.1 Å². The summed E-state index contributed by atoms with van der Waals surface area (Å²) >= 11 is 0. The van der Waals surface area contributed by atoms with Crippen LogP contribution in [0.2, 0.25) is 0 Å². The number of ether oxygens (including phenoxy) is 1. The number of imide groups is 1. The van der Waals surface area contributed by atoms with Crippen molar-refractivity contribution in [1.29, 1.82) is 0 Å². The van der Waals surface area contributed by atoms with Crippen LogP contribution in [-0.4, -0.2) is 42.4 Å². The fourth-order valence-electron chi connectivity index (χ4n) is 1.83. The highest BCUT2D eigenvalue weighted by atomic mass is 16.5. The molecule has 94 valence electrons. The lowest BCUT2D eigenvalue weighted by molar-refractivity contribution is -0.142. The molecule has 0 aromatic heterocycles. The number of benzene rings is 1. The minimum Gasteiger partial charge on any atom is -0.468 e. The van der Waals surface area contributed by atoms with Crippen molar-refractivity contribution in [2.24, 2.45) is 5.73 Å². The van der Waals surface area contributed by atoms with Gasteiger partial charge in [0.15, 0.2) is 0 Å². The Morgan fingerprint density at radius 1 is 1.28 bits per heavy atom. The molecule has 0 saturated heterocycles. The zero-order valence-corrected chi connectivity index (χ0v) is 9.75. The molecule has 0 spiro atoms. The molecule has 0 fully saturated rings. The summed E-state index contributed by atoms with van der Waals surface area (Å²) in [4.78, 5) is 36.1. The maximum atomic E-state index is 12.0. The molecule has 2 rings (SSSR count). The van der Waals surface area contributed by atoms with Crippen LogP contribution in [0.4, 0.5) is 0 Å². The molecule has 6 nitrogen and oxygen atoms in total. The molecule has 1 aliphatic rings. The van der Waals surface area contributed by atoms with Gasteiger partial charge in [0.1, 0.15) is 6.04 Å². The summed E-state index contributed by atoms with van der Waals surface area (Å²) in [5.41, 5.74) is 6.21. The molecular formula is C12H12N2O4. The third-order valence-electron chi connectivity index (χ3n) is 2.76. The van der Waals surface area contributed by atoms with Crippen LogP contribution >= 0.6 is 0 Å². The van der Waals surface area contributed by atoms with Crippen LogP contribution in [-0.2, 0) is 9.53 Å². The second-order valence-corrected chi connectivity index (χ2v) is 3.90. The van der Waals surface area contributed by atoms with E-state index >= 15 is 0 Å². The average Bonchev–Trinajstić information content (AvgIpc) is 2.63. The van der Waals surface area contributed by atoms with Crippen LogP contribution in [0.25, 0.3) is 0 Å². The van der Waals surface area contributed by atoms with E-state index in [1.807, 2.05) is 0 Å². The van der Waals surface area contributed by atoms with E-state index in [-0.39, 0.29) is 6.54 Å². The van der Waals surface area contributed by atoms with Crippen LogP contribution in [0.3, 0.4) is 0 Å². The standard InChI is InChI=1S/C12H12N2O4/c1-18-12(17)9(13)6-14-10(15)7-4-2-3-5-8(7)11(14)16/h2-5,9H,6,13H2,1H3/t9-/m0/s1. The highest BCUT2D eigenvalue weighted by Crippen LogP contribution is 2.22. The van der Waals surface area contributed by atoms with E-state index in [1.54, 1.807) is 24.3 Å². The number of methoxy groups -OCH3 is 1. The Balaban J connectivity index is 2.21. The first-order valence-electron chi connectivity index (χ1n) is 5.35. The molecular weight excluding hydrogens is 236 g/mol. The van der Waals surface area contributed by atoms with E-state index in [1.165, 1.54) is 7.11 Å². The maximum Gasteiger partial charge on any atom is 0.324 e. The van der Waals surface area contributed by atoms with Gasteiger partial charge < -0.3 is 10.5 Å². The van der Waals surface area contributed by atoms with Crippen LogP contribution in [0.1, 0.15) is 20.7 Å². The van der Waals surface area contributed by atoms with Gasteiger partial charge in [0.2, 0.25) is 0 Å². The van der Waals surface area contributed by atoms with Gasteiger partial charge in [-0.3, -0.25) is 19.3 Å². The molecule has 1 heterocycles. The van der Waals surface area contributed by atoms with Crippen molar-refractivity contribution in [1.82, 2.24) is 4.90 Å². The zero-order chi connectivity index (χ0) is 13.3. The van der Waals surface area contributed by atoms with Gasteiger partial charge in [0.05, 0.1) is 24.8 Å². The molecule has 0 radical (unpaired) electrons. The number of amides is 2. The first-order chi connectivity index (χ1) is 8.56. The predicted octanol–water partition coefficient (Wildman–Crippen LogP) is -0.217. The lowest BCUT2D eigenvalue weighted by atomic mass is 10.1. The highest BCUT2D eigenvalue weighted by Gasteiger charge is 2.36. The topological polar surface area (TPSA) is 89.7 Å². The van der Waals surface area contributed by atoms with E-state index in [4.69, 9.17) is 5.73 Å². The van der Waals surface area contributed by atoms with Crippen molar-refractivity contribution in [3.8, 4) is 0 Å². The van der Waals surface area contributed by atoms with Crippen molar-refractivity contribution < 1.29 is 19.1 Å². The van der Waals surface area contributed by atoms with Gasteiger partial charge in [0, 0.05) is 0 Å². The van der Waals surface area contributed by atoms with E-state index in [0.717, 1.165) is 4.90 Å². The molecule has 1 aromatic carbocycles. The molecule has 2 N–H and O–H groups in total. The van der Waals surface area contributed by atoms with Gasteiger partial charge in [-0.2, -0.15) is 0 Å². The Morgan fingerprint density at radius 3 is 2.22 bits per heavy atom. The first-order valence-corrected chi connectivity index (χ1v) is 5.35. The normalized spacial score (nSPS) is 15.6. The number of esters is 1. The smallest absolute Gasteiger partial charge is 0.324 e. The lowest BCUT2D eigenvalue weighted by Gasteiger charge is -2.17. The van der Waals surface area contributed by atoms with Gasteiger partial charge >= 0.3 is 5.97 Å². The van der Waals surface area contributed by atoms with Gasteiger partial charge in [-0.1, -0.05) is 12.1 Å². The number of hydrogen-bond donors (Lipinski definition) is 1. The van der Waals surface area contributed by atoms with E-state index in [2.05, 4.69) is 4.74 Å². The van der Waals surface area contributed by atoms with Gasteiger partial charge in [-0.15, -0.1) is 0 Å². The third kappa shape index (κ3) is 1.86. The minimum atomic E-state index is -1.03. The molecule has 1 atom stereocenters. The molecule has 6 heteroatoms. The summed E-state index contributed by atoms with van der Waals surface area (Å²) in [6.07, 6.45) is 0. The number of rotatable bonds is 3. The molecule has 1 aromatic rings. The predicted molar refractivity (Wildman–Crippen MR) is 61.8 cm³/mol. The van der Waals surface area contributed by atoms with Crippen LogP contribution in [0, 0.1) is 0 Å². The fourth-order valence-corrected chi connectivity index (χ4v) is 1.83. The average molecular weight is 248 g/mol. The molecule has 0 unspecified atom stereocenters. The van der Waals surface area contributed by atoms with E-state index in [9.17, 15) is 14.4 Å². The summed E-state index contributed by atoms with van der Waals surface area (Å²) in [6, 6.07) is 5.46. The number of nitrogens with zero attached hydrogens (tertiary/aromatic N) is 1. The van der Waals surface area contributed by atoms with Crippen molar-refractivity contribution in [3.63, 3.8) is 0 Å². The first kappa shape index (κ1) is 12.3. The second kappa shape index (κ2) is 4.58. The third-order valence-corrected chi connectivity index (χ3v) is 2.76. The fraction of sp³-hybridized carbons (Fsp3) is 0.250. The number of nitrogens with two attached hydrogens (primary N) is 1. The summed E-state index contributed by atoms with van der Waals surface area (Å²) in [7, 11) is 1.20. The molecule has 0 aliphatic carbocycles. The second-order valence-electron chi connectivity index (χ2n) is 3.90. The SMILES string of the molecule is COC(=O)[C@@H](N)CN1C(=O)c2ccccc2C1=O. The Morgan fingerprint density at radius 2 is 1.78 bits per heavy atom. The Labute approximate surface area is 103 Å². The lowest BCUT2D eigenvalue weighted by Crippen LogP contribution is -2.45. The van der Waals surface area contributed by atoms with Gasteiger partial charge in [-0.25, -0.2) is 0 Å². The zero-order valence-electron chi connectivity index (χ0n) is 9.75. The van der Waals surface area contributed by atoms with Crippen molar-refractivity contribution in [2.75, 3.05) is 13.7 Å². The number of carbonyl (C=O) groups is 3. The minimum absolute atomic E-state index is 0.182. The van der Waals surface area contributed by atoms with E-state index < -0.39 is 23.8 Å². The van der Waals surface area contributed by atoms with Crippen LogP contribution in [0.5, 0.6) is 0 Å². The largest absolute Gasteiger partial charge is 0.468 e. The highest BCUT2D eigenvalue weighted by molar-refractivity contribution is 6.21.